The van der Waals surface area contributed by atoms with Crippen molar-refractivity contribution in [2.45, 2.75) is 26.3 Å². The van der Waals surface area contributed by atoms with E-state index in [4.69, 9.17) is 0 Å². The largest absolute Gasteiger partial charge is 0.328 e. The van der Waals surface area contributed by atoms with Crippen molar-refractivity contribution in [2.75, 3.05) is 19.6 Å². The number of aryl methyl sites for hydroxylation is 1. The van der Waals surface area contributed by atoms with Gasteiger partial charge in [-0.05, 0) is 50.9 Å². The Hall–Kier alpha value is -2.46. The first-order valence-electron chi connectivity index (χ1n) is 9.43. The Morgan fingerprint density at radius 1 is 1.04 bits per heavy atom. The van der Waals surface area contributed by atoms with Crippen LogP contribution in [0.5, 0.6) is 0 Å². The molecule has 134 valence electrons. The number of Topliss-reactive ketones (excluding diaryl/α,β-unsaturated/α-hetero) is 1. The van der Waals surface area contributed by atoms with Crippen LogP contribution in [-0.2, 0) is 6.54 Å². The van der Waals surface area contributed by atoms with E-state index in [0.717, 1.165) is 49.4 Å². The van der Waals surface area contributed by atoms with Gasteiger partial charge in [0.15, 0.2) is 5.78 Å². The first-order chi connectivity index (χ1) is 12.7. The van der Waals surface area contributed by atoms with Crippen LogP contribution in [-0.4, -0.2) is 39.9 Å². The molecule has 0 amide bonds. The fraction of sp³-hybridized carbons (Fsp3) is 0.364. The third-order valence-corrected chi connectivity index (χ3v) is 5.46. The summed E-state index contributed by atoms with van der Waals surface area (Å²) in [7, 11) is 0. The van der Waals surface area contributed by atoms with Gasteiger partial charge in [0.2, 0.25) is 0 Å². The minimum atomic E-state index is 0.223. The molecule has 1 aromatic heterocycles. The Labute approximate surface area is 154 Å². The SMILES string of the molecule is Cc1nc2ccccc2n1CC1CCN(CC(=O)c2ccccc2)CC1. The van der Waals surface area contributed by atoms with E-state index in [9.17, 15) is 4.79 Å². The fourth-order valence-electron chi connectivity index (χ4n) is 3.93. The molecular weight excluding hydrogens is 322 g/mol. The first-order valence-corrected chi connectivity index (χ1v) is 9.43. The van der Waals surface area contributed by atoms with E-state index >= 15 is 0 Å². The Bertz CT molecular complexity index is 892. The van der Waals surface area contributed by atoms with E-state index in [-0.39, 0.29) is 5.78 Å². The van der Waals surface area contributed by atoms with E-state index in [1.807, 2.05) is 36.4 Å². The van der Waals surface area contributed by atoms with Gasteiger partial charge in [0.1, 0.15) is 5.82 Å². The first kappa shape index (κ1) is 17.0. The van der Waals surface area contributed by atoms with Crippen LogP contribution in [0.4, 0.5) is 0 Å². The van der Waals surface area contributed by atoms with Crippen LogP contribution in [0.3, 0.4) is 0 Å². The van der Waals surface area contributed by atoms with E-state index in [1.54, 1.807) is 0 Å². The van der Waals surface area contributed by atoms with Crippen molar-refractivity contribution in [3.63, 3.8) is 0 Å². The summed E-state index contributed by atoms with van der Waals surface area (Å²) in [6, 6.07) is 18.0. The maximum Gasteiger partial charge on any atom is 0.176 e. The summed E-state index contributed by atoms with van der Waals surface area (Å²) in [5, 5.41) is 0. The average molecular weight is 347 g/mol. The number of piperidine rings is 1. The zero-order chi connectivity index (χ0) is 17.9. The number of hydrogen-bond acceptors (Lipinski definition) is 3. The maximum absolute atomic E-state index is 12.4. The van der Waals surface area contributed by atoms with Crippen LogP contribution in [0.2, 0.25) is 0 Å². The van der Waals surface area contributed by atoms with E-state index in [1.165, 1.54) is 5.52 Å². The van der Waals surface area contributed by atoms with E-state index < -0.39 is 0 Å². The van der Waals surface area contributed by atoms with Gasteiger partial charge in [-0.3, -0.25) is 9.69 Å². The number of para-hydroxylation sites is 2. The highest BCUT2D eigenvalue weighted by molar-refractivity contribution is 5.97. The highest BCUT2D eigenvalue weighted by atomic mass is 16.1. The number of imidazole rings is 1. The lowest BCUT2D eigenvalue weighted by Crippen LogP contribution is -2.38. The molecule has 2 heterocycles. The summed E-state index contributed by atoms with van der Waals surface area (Å²) in [4.78, 5) is 19.4. The number of likely N-dealkylation sites (tertiary alicyclic amines) is 1. The highest BCUT2D eigenvalue weighted by Gasteiger charge is 2.22. The average Bonchev–Trinajstić information content (AvgIpc) is 2.99. The van der Waals surface area contributed by atoms with Crippen LogP contribution in [0.25, 0.3) is 11.0 Å². The van der Waals surface area contributed by atoms with Gasteiger partial charge in [0, 0.05) is 12.1 Å². The van der Waals surface area contributed by atoms with Gasteiger partial charge >= 0.3 is 0 Å². The van der Waals surface area contributed by atoms with Crippen molar-refractivity contribution >= 4 is 16.8 Å². The minimum absolute atomic E-state index is 0.223. The Morgan fingerprint density at radius 2 is 1.73 bits per heavy atom. The van der Waals surface area contributed by atoms with Crippen molar-refractivity contribution in [2.24, 2.45) is 5.92 Å². The zero-order valence-electron chi connectivity index (χ0n) is 15.3. The molecule has 1 aliphatic heterocycles. The van der Waals surface area contributed by atoms with Crippen LogP contribution in [0, 0.1) is 12.8 Å². The van der Waals surface area contributed by atoms with Gasteiger partial charge in [0.05, 0.1) is 17.6 Å². The lowest BCUT2D eigenvalue weighted by Gasteiger charge is -2.32. The van der Waals surface area contributed by atoms with Crippen LogP contribution >= 0.6 is 0 Å². The number of ketones is 1. The number of carbonyl (C=O) groups is 1. The lowest BCUT2D eigenvalue weighted by molar-refractivity contribution is 0.0890. The van der Waals surface area contributed by atoms with Crippen molar-refractivity contribution in [1.29, 1.82) is 0 Å². The molecule has 0 aliphatic carbocycles. The van der Waals surface area contributed by atoms with Gasteiger partial charge < -0.3 is 4.57 Å². The molecule has 4 nitrogen and oxygen atoms in total. The number of fused-ring (bicyclic) bond motifs is 1. The molecular formula is C22H25N3O. The summed E-state index contributed by atoms with van der Waals surface area (Å²) in [5.41, 5.74) is 3.12. The van der Waals surface area contributed by atoms with Gasteiger partial charge in [-0.25, -0.2) is 4.98 Å². The second-order valence-corrected chi connectivity index (χ2v) is 7.27. The van der Waals surface area contributed by atoms with E-state index in [0.29, 0.717) is 12.5 Å². The summed E-state index contributed by atoms with van der Waals surface area (Å²) in [6.07, 6.45) is 2.27. The van der Waals surface area contributed by atoms with Crippen molar-refractivity contribution in [1.82, 2.24) is 14.5 Å². The van der Waals surface area contributed by atoms with Gasteiger partial charge in [-0.1, -0.05) is 42.5 Å². The van der Waals surface area contributed by atoms with Gasteiger partial charge in [-0.15, -0.1) is 0 Å². The monoisotopic (exact) mass is 347 g/mol. The van der Waals surface area contributed by atoms with Crippen molar-refractivity contribution < 1.29 is 4.79 Å². The molecule has 2 aromatic carbocycles. The summed E-state index contributed by atoms with van der Waals surface area (Å²) < 4.78 is 2.35. The van der Waals surface area contributed by atoms with Gasteiger partial charge in [-0.2, -0.15) is 0 Å². The number of aromatic nitrogens is 2. The second kappa shape index (κ2) is 7.42. The molecule has 0 saturated carbocycles. The molecule has 0 N–H and O–H groups in total. The van der Waals surface area contributed by atoms with Crippen LogP contribution in [0.15, 0.2) is 54.6 Å². The van der Waals surface area contributed by atoms with Crippen LogP contribution < -0.4 is 0 Å². The molecule has 4 rings (SSSR count). The number of nitrogens with zero attached hydrogens (tertiary/aromatic N) is 3. The Kier molecular flexibility index (Phi) is 4.85. The zero-order valence-corrected chi connectivity index (χ0v) is 15.3. The molecule has 26 heavy (non-hydrogen) atoms. The standard InChI is InChI=1S/C22H25N3O/c1-17-23-20-9-5-6-10-21(20)25(17)15-18-11-13-24(14-12-18)16-22(26)19-7-3-2-4-8-19/h2-10,18H,11-16H2,1H3. The highest BCUT2D eigenvalue weighted by Crippen LogP contribution is 2.23. The molecule has 1 saturated heterocycles. The third kappa shape index (κ3) is 3.56. The van der Waals surface area contributed by atoms with Crippen molar-refractivity contribution in [3.8, 4) is 0 Å². The minimum Gasteiger partial charge on any atom is -0.328 e. The normalized spacial score (nSPS) is 16.2. The molecule has 3 aromatic rings. The number of rotatable bonds is 5. The molecule has 0 bridgehead atoms. The number of carbonyl (C=O) groups excluding carboxylic acids is 1. The summed E-state index contributed by atoms with van der Waals surface area (Å²) in [5.74, 6) is 1.96. The maximum atomic E-state index is 12.4. The van der Waals surface area contributed by atoms with Gasteiger partial charge in [0.25, 0.3) is 0 Å². The molecule has 1 aliphatic rings. The topological polar surface area (TPSA) is 38.1 Å². The van der Waals surface area contributed by atoms with Crippen molar-refractivity contribution in [3.05, 3.63) is 66.0 Å². The molecule has 1 fully saturated rings. The smallest absolute Gasteiger partial charge is 0.176 e. The fourth-order valence-corrected chi connectivity index (χ4v) is 3.93. The number of hydrogen-bond donors (Lipinski definition) is 0. The Balaban J connectivity index is 1.35. The molecule has 0 radical (unpaired) electrons. The summed E-state index contributed by atoms with van der Waals surface area (Å²) in [6.45, 7) is 5.63. The van der Waals surface area contributed by atoms with E-state index in [2.05, 4.69) is 39.6 Å². The molecule has 0 unspecified atom stereocenters. The predicted octanol–water partition coefficient (Wildman–Crippen LogP) is 3.94. The number of benzene rings is 2. The Morgan fingerprint density at radius 3 is 2.50 bits per heavy atom. The molecule has 0 atom stereocenters. The quantitative estimate of drug-likeness (QED) is 0.656. The predicted molar refractivity (Wildman–Crippen MR) is 104 cm³/mol. The lowest BCUT2D eigenvalue weighted by atomic mass is 9.96. The molecule has 0 spiro atoms. The second-order valence-electron chi connectivity index (χ2n) is 7.27. The van der Waals surface area contributed by atoms with Crippen LogP contribution in [0.1, 0.15) is 29.0 Å². The summed E-state index contributed by atoms with van der Waals surface area (Å²) >= 11 is 0. The third-order valence-electron chi connectivity index (χ3n) is 5.46. The molecule has 4 heteroatoms.